The molecular weight excluding hydrogens is 244 g/mol. The maximum atomic E-state index is 3.82. The molecule has 0 spiro atoms. The van der Waals surface area contributed by atoms with Crippen LogP contribution in [0.1, 0.15) is 41.6 Å². The lowest BCUT2D eigenvalue weighted by molar-refractivity contribution is 0.450. The minimum atomic E-state index is 0.696. The maximum absolute atomic E-state index is 3.82. The molecule has 2 aliphatic carbocycles. The van der Waals surface area contributed by atoms with Crippen LogP contribution in [-0.4, -0.2) is 16.7 Å². The van der Waals surface area contributed by atoms with Crippen LogP contribution < -0.4 is 5.32 Å². The van der Waals surface area contributed by atoms with Gasteiger partial charge < -0.3 is 9.88 Å². The van der Waals surface area contributed by atoms with Crippen molar-refractivity contribution in [2.24, 2.45) is 7.05 Å². The molecule has 0 radical (unpaired) electrons. The van der Waals surface area contributed by atoms with Crippen LogP contribution in [0.15, 0.2) is 12.1 Å². The van der Waals surface area contributed by atoms with E-state index in [1.165, 1.54) is 54.1 Å². The van der Waals surface area contributed by atoms with Gasteiger partial charge in [-0.2, -0.15) is 0 Å². The molecule has 0 bridgehead atoms. The predicted molar refractivity (Wildman–Crippen MR) is 84.4 cm³/mol. The van der Waals surface area contributed by atoms with Crippen molar-refractivity contribution in [3.8, 4) is 0 Å². The van der Waals surface area contributed by atoms with E-state index in [0.29, 0.717) is 6.04 Å². The Morgan fingerprint density at radius 3 is 2.65 bits per heavy atom. The number of benzene rings is 1. The predicted octanol–water partition coefficient (Wildman–Crippen LogP) is 3.40. The van der Waals surface area contributed by atoms with E-state index < -0.39 is 0 Å². The Kier molecular flexibility index (Phi) is 2.71. The summed E-state index contributed by atoms with van der Waals surface area (Å²) < 4.78 is 2.46. The summed E-state index contributed by atoms with van der Waals surface area (Å²) in [5, 5.41) is 5.32. The van der Waals surface area contributed by atoms with E-state index in [2.05, 4.69) is 42.9 Å². The van der Waals surface area contributed by atoms with Crippen molar-refractivity contribution in [1.82, 2.24) is 9.88 Å². The highest BCUT2D eigenvalue weighted by Gasteiger charge is 2.29. The van der Waals surface area contributed by atoms with Crippen LogP contribution >= 0.6 is 0 Å². The molecule has 0 saturated heterocycles. The van der Waals surface area contributed by atoms with Crippen LogP contribution in [-0.2, 0) is 19.9 Å². The first-order chi connectivity index (χ1) is 9.65. The number of hydrogen-bond acceptors (Lipinski definition) is 1. The number of nitrogens with zero attached hydrogens (tertiary/aromatic N) is 1. The van der Waals surface area contributed by atoms with Crippen LogP contribution in [0, 0.1) is 13.8 Å². The molecule has 1 fully saturated rings. The third-order valence-electron chi connectivity index (χ3n) is 5.34. The normalized spacial score (nSPS) is 22.2. The second-order valence-corrected chi connectivity index (χ2v) is 6.77. The van der Waals surface area contributed by atoms with Crippen molar-refractivity contribution < 1.29 is 0 Å². The van der Waals surface area contributed by atoms with Crippen LogP contribution in [0.25, 0.3) is 10.9 Å². The molecule has 20 heavy (non-hydrogen) atoms. The Balaban J connectivity index is 1.80. The fourth-order valence-corrected chi connectivity index (χ4v) is 3.90. The smallest absolute Gasteiger partial charge is 0.0515 e. The van der Waals surface area contributed by atoms with Crippen molar-refractivity contribution in [2.45, 2.75) is 58.0 Å². The van der Waals surface area contributed by atoms with Gasteiger partial charge in [0.2, 0.25) is 0 Å². The highest BCUT2D eigenvalue weighted by Crippen LogP contribution is 2.34. The van der Waals surface area contributed by atoms with E-state index in [4.69, 9.17) is 0 Å². The standard InChI is InChI=1S/C18H24N2/c1-11-4-8-15-16-10-14(19-13-5-6-13)7-9-17(16)20(3)18(15)12(11)2/h4,8,13-14,19H,5-7,9-10H2,1-3H3. The van der Waals surface area contributed by atoms with Crippen molar-refractivity contribution in [3.63, 3.8) is 0 Å². The van der Waals surface area contributed by atoms with Gasteiger partial charge in [0, 0.05) is 30.2 Å². The highest BCUT2D eigenvalue weighted by atomic mass is 15.0. The number of rotatable bonds is 2. The van der Waals surface area contributed by atoms with E-state index in [0.717, 1.165) is 6.04 Å². The average Bonchev–Trinajstić information content (AvgIpc) is 3.20. The highest BCUT2D eigenvalue weighted by molar-refractivity contribution is 5.89. The van der Waals surface area contributed by atoms with E-state index in [-0.39, 0.29) is 0 Å². The lowest BCUT2D eigenvalue weighted by Crippen LogP contribution is -2.36. The minimum Gasteiger partial charge on any atom is -0.347 e. The maximum Gasteiger partial charge on any atom is 0.0515 e. The van der Waals surface area contributed by atoms with Crippen molar-refractivity contribution >= 4 is 10.9 Å². The SMILES string of the molecule is Cc1ccc2c3c(n(C)c2c1C)CCC(NC1CC1)C3. The largest absolute Gasteiger partial charge is 0.347 e. The second-order valence-electron chi connectivity index (χ2n) is 6.77. The summed E-state index contributed by atoms with van der Waals surface area (Å²) in [6.07, 6.45) is 6.51. The summed E-state index contributed by atoms with van der Waals surface area (Å²) in [5.41, 5.74) is 7.49. The van der Waals surface area contributed by atoms with Crippen LogP contribution in [0.4, 0.5) is 0 Å². The molecule has 2 heteroatoms. The van der Waals surface area contributed by atoms with Gasteiger partial charge in [-0.1, -0.05) is 12.1 Å². The molecular formula is C18H24N2. The molecule has 106 valence electrons. The summed E-state index contributed by atoms with van der Waals surface area (Å²) >= 11 is 0. The second kappa shape index (κ2) is 4.36. The van der Waals surface area contributed by atoms with Crippen LogP contribution in [0.2, 0.25) is 0 Å². The summed E-state index contributed by atoms with van der Waals surface area (Å²) in [4.78, 5) is 0. The molecule has 2 aromatic rings. The average molecular weight is 268 g/mol. The molecule has 1 saturated carbocycles. The lowest BCUT2D eigenvalue weighted by Gasteiger charge is -2.24. The van der Waals surface area contributed by atoms with Gasteiger partial charge in [0.05, 0.1) is 5.52 Å². The summed E-state index contributed by atoms with van der Waals surface area (Å²) in [6.45, 7) is 4.49. The van der Waals surface area contributed by atoms with Gasteiger partial charge in [0.1, 0.15) is 0 Å². The molecule has 1 atom stereocenters. The first-order valence-corrected chi connectivity index (χ1v) is 7.97. The zero-order valence-electron chi connectivity index (χ0n) is 12.8. The van der Waals surface area contributed by atoms with Gasteiger partial charge >= 0.3 is 0 Å². The van der Waals surface area contributed by atoms with E-state index in [9.17, 15) is 0 Å². The summed E-state index contributed by atoms with van der Waals surface area (Å²) in [6, 6.07) is 6.15. The minimum absolute atomic E-state index is 0.696. The van der Waals surface area contributed by atoms with Crippen LogP contribution in [0.5, 0.6) is 0 Å². The fourth-order valence-electron chi connectivity index (χ4n) is 3.90. The fraction of sp³-hybridized carbons (Fsp3) is 0.556. The number of nitrogens with one attached hydrogen (secondary N) is 1. The zero-order chi connectivity index (χ0) is 13.9. The van der Waals surface area contributed by atoms with Gasteiger partial charge in [0.15, 0.2) is 0 Å². The third kappa shape index (κ3) is 1.81. The molecule has 1 aromatic carbocycles. The van der Waals surface area contributed by atoms with Crippen LogP contribution in [0.3, 0.4) is 0 Å². The van der Waals surface area contributed by atoms with Crippen molar-refractivity contribution in [3.05, 3.63) is 34.5 Å². The van der Waals surface area contributed by atoms with Gasteiger partial charge in [-0.25, -0.2) is 0 Å². The molecule has 0 amide bonds. The molecule has 4 rings (SSSR count). The van der Waals surface area contributed by atoms with Gasteiger partial charge in [-0.3, -0.25) is 0 Å². The van der Waals surface area contributed by atoms with Gasteiger partial charge in [-0.15, -0.1) is 0 Å². The summed E-state index contributed by atoms with van der Waals surface area (Å²) in [5.74, 6) is 0. The number of aryl methyl sites for hydroxylation is 3. The molecule has 1 N–H and O–H groups in total. The molecule has 1 heterocycles. The van der Waals surface area contributed by atoms with Gasteiger partial charge in [-0.05, 0) is 62.6 Å². The Morgan fingerprint density at radius 2 is 1.90 bits per heavy atom. The number of fused-ring (bicyclic) bond motifs is 3. The summed E-state index contributed by atoms with van der Waals surface area (Å²) in [7, 11) is 2.25. The molecule has 2 aliphatic rings. The topological polar surface area (TPSA) is 17.0 Å². The van der Waals surface area contributed by atoms with E-state index in [1.807, 2.05) is 0 Å². The van der Waals surface area contributed by atoms with Gasteiger partial charge in [0.25, 0.3) is 0 Å². The molecule has 0 aliphatic heterocycles. The Bertz CT molecular complexity index is 677. The molecule has 2 nitrogen and oxygen atoms in total. The zero-order valence-corrected chi connectivity index (χ0v) is 12.8. The van der Waals surface area contributed by atoms with E-state index >= 15 is 0 Å². The third-order valence-corrected chi connectivity index (χ3v) is 5.34. The lowest BCUT2D eigenvalue weighted by atomic mass is 9.91. The molecule has 1 unspecified atom stereocenters. The first-order valence-electron chi connectivity index (χ1n) is 7.97. The molecule has 1 aromatic heterocycles. The Hall–Kier alpha value is -1.28. The Labute approximate surface area is 121 Å². The first kappa shape index (κ1) is 12.5. The van der Waals surface area contributed by atoms with Crippen molar-refractivity contribution in [1.29, 1.82) is 0 Å². The van der Waals surface area contributed by atoms with Crippen molar-refractivity contribution in [2.75, 3.05) is 0 Å². The quantitative estimate of drug-likeness (QED) is 0.883. The monoisotopic (exact) mass is 268 g/mol. The number of aromatic nitrogens is 1. The number of hydrogen-bond donors (Lipinski definition) is 1. The Morgan fingerprint density at radius 1 is 1.10 bits per heavy atom. The van der Waals surface area contributed by atoms with E-state index in [1.54, 1.807) is 11.3 Å².